The van der Waals surface area contributed by atoms with E-state index in [1.54, 1.807) is 0 Å². The number of aromatic nitrogens is 1. The number of likely N-dealkylation sites (N-methyl/N-ethyl adjacent to an activating group) is 1. The number of para-hydroxylation sites is 1. The fraction of sp³-hybridized carbons (Fsp3) is 0.286. The Balaban J connectivity index is 2.35. The number of pyridine rings is 1. The second-order valence-electron chi connectivity index (χ2n) is 4.53. The van der Waals surface area contributed by atoms with E-state index in [1.807, 2.05) is 24.3 Å². The van der Waals surface area contributed by atoms with Gasteiger partial charge in [0.05, 0.1) is 11.1 Å². The Morgan fingerprint density at radius 1 is 1.35 bits per heavy atom. The maximum atomic E-state index is 9.38. The van der Waals surface area contributed by atoms with Crippen LogP contribution in [0.1, 0.15) is 16.8 Å². The van der Waals surface area contributed by atoms with E-state index in [2.05, 4.69) is 23.0 Å². The van der Waals surface area contributed by atoms with Crippen LogP contribution in [-0.4, -0.2) is 23.5 Å². The molecule has 0 saturated carbocycles. The third kappa shape index (κ3) is 1.58. The molecule has 0 bridgehead atoms. The van der Waals surface area contributed by atoms with Crippen LogP contribution in [0.4, 0.5) is 0 Å². The Labute approximate surface area is 100 Å². The standard InChI is InChI=1S/C14H13N3/c1-17-7-6-14-12(9-17)11(8-15)10-4-2-3-5-13(10)16-14/h2-5H,6-7,9H2,1H3. The molecule has 0 saturated heterocycles. The van der Waals surface area contributed by atoms with Gasteiger partial charge >= 0.3 is 0 Å². The minimum atomic E-state index is 0.803. The average Bonchev–Trinajstić information content (AvgIpc) is 2.36. The molecule has 0 radical (unpaired) electrons. The van der Waals surface area contributed by atoms with Crippen molar-refractivity contribution in [1.29, 1.82) is 5.26 Å². The minimum absolute atomic E-state index is 0.803. The lowest BCUT2D eigenvalue weighted by Gasteiger charge is -2.25. The number of hydrogen-bond donors (Lipinski definition) is 0. The first kappa shape index (κ1) is 10.2. The summed E-state index contributed by atoms with van der Waals surface area (Å²) in [7, 11) is 2.08. The first-order valence-electron chi connectivity index (χ1n) is 5.78. The van der Waals surface area contributed by atoms with E-state index in [9.17, 15) is 5.26 Å². The first-order chi connectivity index (χ1) is 8.29. The summed E-state index contributed by atoms with van der Waals surface area (Å²) in [5.41, 5.74) is 3.95. The monoisotopic (exact) mass is 223 g/mol. The molecule has 3 rings (SSSR count). The van der Waals surface area contributed by atoms with Gasteiger partial charge in [-0.15, -0.1) is 0 Å². The molecule has 0 amide bonds. The molecule has 1 aromatic carbocycles. The van der Waals surface area contributed by atoms with Gasteiger partial charge in [0.25, 0.3) is 0 Å². The zero-order valence-corrected chi connectivity index (χ0v) is 9.77. The molecule has 0 unspecified atom stereocenters. The predicted molar refractivity (Wildman–Crippen MR) is 66.5 cm³/mol. The van der Waals surface area contributed by atoms with Crippen LogP contribution in [-0.2, 0) is 13.0 Å². The van der Waals surface area contributed by atoms with Gasteiger partial charge in [0, 0.05) is 36.2 Å². The van der Waals surface area contributed by atoms with Crippen LogP contribution < -0.4 is 0 Å². The summed E-state index contributed by atoms with van der Waals surface area (Å²) in [5, 5.41) is 10.4. The van der Waals surface area contributed by atoms with Crippen LogP contribution in [0.5, 0.6) is 0 Å². The number of nitriles is 1. The lowest BCUT2D eigenvalue weighted by molar-refractivity contribution is 0.310. The highest BCUT2D eigenvalue weighted by Gasteiger charge is 2.20. The molecule has 1 aromatic heterocycles. The molecule has 0 spiro atoms. The Bertz CT molecular complexity index is 625. The Kier molecular flexibility index (Phi) is 2.31. The van der Waals surface area contributed by atoms with Gasteiger partial charge in [0.2, 0.25) is 0 Å². The lowest BCUT2D eigenvalue weighted by atomic mass is 9.97. The van der Waals surface area contributed by atoms with Crippen LogP contribution in [0.2, 0.25) is 0 Å². The van der Waals surface area contributed by atoms with Crippen LogP contribution in [0.25, 0.3) is 10.9 Å². The van der Waals surface area contributed by atoms with Crippen molar-refractivity contribution < 1.29 is 0 Å². The molecule has 84 valence electrons. The molecule has 0 aliphatic carbocycles. The normalized spacial score (nSPS) is 15.5. The number of fused-ring (bicyclic) bond motifs is 2. The lowest BCUT2D eigenvalue weighted by Crippen LogP contribution is -2.28. The van der Waals surface area contributed by atoms with Crippen molar-refractivity contribution in [2.24, 2.45) is 0 Å². The van der Waals surface area contributed by atoms with E-state index in [0.29, 0.717) is 0 Å². The number of benzene rings is 1. The van der Waals surface area contributed by atoms with Crippen LogP contribution >= 0.6 is 0 Å². The van der Waals surface area contributed by atoms with Gasteiger partial charge in [-0.3, -0.25) is 4.98 Å². The smallest absolute Gasteiger partial charge is 0.100 e. The molecular weight excluding hydrogens is 210 g/mol. The average molecular weight is 223 g/mol. The summed E-state index contributed by atoms with van der Waals surface area (Å²) in [6.45, 7) is 1.85. The van der Waals surface area contributed by atoms with Gasteiger partial charge in [-0.1, -0.05) is 18.2 Å². The van der Waals surface area contributed by atoms with E-state index in [-0.39, 0.29) is 0 Å². The molecule has 3 nitrogen and oxygen atoms in total. The minimum Gasteiger partial charge on any atom is -0.302 e. The van der Waals surface area contributed by atoms with Crippen molar-refractivity contribution in [1.82, 2.24) is 9.88 Å². The fourth-order valence-corrected chi connectivity index (χ4v) is 2.45. The van der Waals surface area contributed by atoms with E-state index < -0.39 is 0 Å². The quantitative estimate of drug-likeness (QED) is 0.686. The fourth-order valence-electron chi connectivity index (χ4n) is 2.45. The Morgan fingerprint density at radius 3 is 3.00 bits per heavy atom. The van der Waals surface area contributed by atoms with Crippen LogP contribution in [0, 0.1) is 11.3 Å². The molecule has 0 atom stereocenters. The third-order valence-electron chi connectivity index (χ3n) is 3.35. The molecule has 1 aliphatic heterocycles. The molecule has 3 heteroatoms. The van der Waals surface area contributed by atoms with Crippen molar-refractivity contribution in [3.8, 4) is 6.07 Å². The summed E-state index contributed by atoms with van der Waals surface area (Å²) in [4.78, 5) is 6.92. The van der Waals surface area contributed by atoms with E-state index in [4.69, 9.17) is 0 Å². The molecular formula is C14H13N3. The second-order valence-corrected chi connectivity index (χ2v) is 4.53. The van der Waals surface area contributed by atoms with Gasteiger partial charge in [-0.2, -0.15) is 5.26 Å². The molecule has 2 heterocycles. The molecule has 1 aliphatic rings. The zero-order chi connectivity index (χ0) is 11.8. The van der Waals surface area contributed by atoms with Crippen molar-refractivity contribution in [3.63, 3.8) is 0 Å². The highest BCUT2D eigenvalue weighted by atomic mass is 15.1. The zero-order valence-electron chi connectivity index (χ0n) is 9.77. The Hall–Kier alpha value is -1.92. The maximum absolute atomic E-state index is 9.38. The largest absolute Gasteiger partial charge is 0.302 e. The van der Waals surface area contributed by atoms with Crippen molar-refractivity contribution in [2.45, 2.75) is 13.0 Å². The van der Waals surface area contributed by atoms with Gasteiger partial charge in [-0.25, -0.2) is 0 Å². The third-order valence-corrected chi connectivity index (χ3v) is 3.35. The topological polar surface area (TPSA) is 39.9 Å². The summed E-state index contributed by atoms with van der Waals surface area (Å²) < 4.78 is 0. The van der Waals surface area contributed by atoms with Crippen LogP contribution in [0.3, 0.4) is 0 Å². The van der Waals surface area contributed by atoms with Gasteiger partial charge in [-0.05, 0) is 13.1 Å². The van der Waals surface area contributed by atoms with Gasteiger partial charge in [0.15, 0.2) is 0 Å². The van der Waals surface area contributed by atoms with E-state index in [0.717, 1.165) is 47.2 Å². The first-order valence-corrected chi connectivity index (χ1v) is 5.78. The second kappa shape index (κ2) is 3.83. The molecule has 0 fully saturated rings. The van der Waals surface area contributed by atoms with Gasteiger partial charge in [0.1, 0.15) is 6.07 Å². The van der Waals surface area contributed by atoms with Crippen LogP contribution in [0.15, 0.2) is 24.3 Å². The summed E-state index contributed by atoms with van der Waals surface area (Å²) in [5.74, 6) is 0. The van der Waals surface area contributed by atoms with Gasteiger partial charge < -0.3 is 4.90 Å². The van der Waals surface area contributed by atoms with Crippen molar-refractivity contribution >= 4 is 10.9 Å². The number of hydrogen-bond acceptors (Lipinski definition) is 3. The SMILES string of the molecule is CN1CCc2nc3ccccc3c(C#N)c2C1. The van der Waals surface area contributed by atoms with Crippen molar-refractivity contribution in [3.05, 3.63) is 41.1 Å². The molecule has 17 heavy (non-hydrogen) atoms. The maximum Gasteiger partial charge on any atom is 0.100 e. The summed E-state index contributed by atoms with van der Waals surface area (Å²) >= 11 is 0. The highest BCUT2D eigenvalue weighted by molar-refractivity contribution is 5.86. The highest BCUT2D eigenvalue weighted by Crippen LogP contribution is 2.26. The predicted octanol–water partition coefficient (Wildman–Crippen LogP) is 2.09. The summed E-state index contributed by atoms with van der Waals surface area (Å²) in [6, 6.07) is 10.2. The summed E-state index contributed by atoms with van der Waals surface area (Å²) in [6.07, 6.45) is 0.936. The van der Waals surface area contributed by atoms with Crippen molar-refractivity contribution in [2.75, 3.05) is 13.6 Å². The van der Waals surface area contributed by atoms with E-state index >= 15 is 0 Å². The number of rotatable bonds is 0. The Morgan fingerprint density at radius 2 is 2.18 bits per heavy atom. The molecule has 0 N–H and O–H groups in total. The number of nitrogens with zero attached hydrogens (tertiary/aromatic N) is 3. The van der Waals surface area contributed by atoms with E-state index in [1.165, 1.54) is 0 Å². The molecule has 2 aromatic rings.